The molecule has 0 fully saturated rings. The average molecular weight is 364 g/mol. The number of aryl methyl sites for hydroxylation is 1. The Bertz CT molecular complexity index is 1050. The van der Waals surface area contributed by atoms with Crippen molar-refractivity contribution in [1.82, 2.24) is 9.55 Å². The van der Waals surface area contributed by atoms with Gasteiger partial charge in [-0.3, -0.25) is 9.36 Å². The number of esters is 1. The Labute approximate surface area is 156 Å². The van der Waals surface area contributed by atoms with Gasteiger partial charge in [-0.25, -0.2) is 9.78 Å². The van der Waals surface area contributed by atoms with E-state index in [-0.39, 0.29) is 12.2 Å². The summed E-state index contributed by atoms with van der Waals surface area (Å²) in [6.07, 6.45) is 2.34. The van der Waals surface area contributed by atoms with E-state index in [2.05, 4.69) is 4.98 Å². The first-order valence-electron chi connectivity index (χ1n) is 8.99. The Balaban J connectivity index is 1.46. The van der Waals surface area contributed by atoms with Crippen molar-refractivity contribution < 1.29 is 14.3 Å². The molecule has 138 valence electrons. The second-order valence-electron chi connectivity index (χ2n) is 6.55. The zero-order valence-electron chi connectivity index (χ0n) is 15.1. The van der Waals surface area contributed by atoms with Gasteiger partial charge in [-0.2, -0.15) is 0 Å². The van der Waals surface area contributed by atoms with Crippen LogP contribution in [-0.2, 0) is 24.1 Å². The summed E-state index contributed by atoms with van der Waals surface area (Å²) < 4.78 is 12.2. The van der Waals surface area contributed by atoms with Gasteiger partial charge in [0.1, 0.15) is 11.6 Å². The van der Waals surface area contributed by atoms with Gasteiger partial charge in [-0.1, -0.05) is 12.1 Å². The van der Waals surface area contributed by atoms with Crippen molar-refractivity contribution >= 4 is 16.9 Å². The minimum atomic E-state index is -0.409. The number of benzene rings is 2. The van der Waals surface area contributed by atoms with Crippen molar-refractivity contribution in [2.24, 2.45) is 0 Å². The molecule has 2 heterocycles. The quantitative estimate of drug-likeness (QED) is 0.651. The summed E-state index contributed by atoms with van der Waals surface area (Å²) in [6.45, 7) is 0.996. The molecule has 4 rings (SSSR count). The molecule has 6 heteroatoms. The first-order valence-corrected chi connectivity index (χ1v) is 8.99. The number of carbonyl (C=O) groups is 1. The standard InChI is InChI=1S/C21H20N2O4/c1-26-16-7-4-14(5-8-16)10-12-27-21(25)15-6-9-17-18(13-15)22-19-3-2-11-23(19)20(17)24/h4-9,13H,2-3,10-12H2,1H3. The number of ether oxygens (including phenoxy) is 2. The molecule has 0 amide bonds. The molecular formula is C21H20N2O4. The lowest BCUT2D eigenvalue weighted by Gasteiger charge is -2.08. The predicted molar refractivity (Wildman–Crippen MR) is 101 cm³/mol. The number of carbonyl (C=O) groups excluding carboxylic acids is 1. The molecule has 0 spiro atoms. The minimum absolute atomic E-state index is 0.0353. The average Bonchev–Trinajstić information content (AvgIpc) is 3.17. The van der Waals surface area contributed by atoms with Crippen LogP contribution in [0, 0.1) is 0 Å². The second kappa shape index (κ2) is 7.23. The predicted octanol–water partition coefficient (Wildman–Crippen LogP) is 2.75. The van der Waals surface area contributed by atoms with E-state index >= 15 is 0 Å². The monoisotopic (exact) mass is 364 g/mol. The second-order valence-corrected chi connectivity index (χ2v) is 6.55. The van der Waals surface area contributed by atoms with Crippen LogP contribution in [0.1, 0.15) is 28.2 Å². The van der Waals surface area contributed by atoms with E-state index in [0.717, 1.165) is 30.0 Å². The molecule has 0 unspecified atom stereocenters. The molecule has 0 atom stereocenters. The van der Waals surface area contributed by atoms with Gasteiger partial charge >= 0.3 is 5.97 Å². The molecule has 0 aliphatic carbocycles. The zero-order valence-corrected chi connectivity index (χ0v) is 15.1. The summed E-state index contributed by atoms with van der Waals surface area (Å²) in [4.78, 5) is 29.4. The van der Waals surface area contributed by atoms with Crippen molar-refractivity contribution in [3.8, 4) is 5.75 Å². The van der Waals surface area contributed by atoms with Gasteiger partial charge in [-0.15, -0.1) is 0 Å². The number of methoxy groups -OCH3 is 1. The van der Waals surface area contributed by atoms with Crippen molar-refractivity contribution in [2.45, 2.75) is 25.8 Å². The van der Waals surface area contributed by atoms with Crippen LogP contribution in [0.3, 0.4) is 0 Å². The van der Waals surface area contributed by atoms with E-state index in [1.807, 2.05) is 24.3 Å². The van der Waals surface area contributed by atoms with Crippen molar-refractivity contribution in [1.29, 1.82) is 0 Å². The molecule has 1 aliphatic heterocycles. The van der Waals surface area contributed by atoms with Gasteiger partial charge in [0.05, 0.1) is 30.2 Å². The molecule has 0 saturated heterocycles. The van der Waals surface area contributed by atoms with Gasteiger partial charge in [0.2, 0.25) is 0 Å². The van der Waals surface area contributed by atoms with Gasteiger partial charge < -0.3 is 9.47 Å². The third kappa shape index (κ3) is 3.43. The van der Waals surface area contributed by atoms with Crippen LogP contribution in [-0.4, -0.2) is 29.2 Å². The van der Waals surface area contributed by atoms with E-state index in [1.165, 1.54) is 0 Å². The van der Waals surface area contributed by atoms with Gasteiger partial charge in [0, 0.05) is 19.4 Å². The van der Waals surface area contributed by atoms with Gasteiger partial charge in [-0.05, 0) is 42.3 Å². The van der Waals surface area contributed by atoms with Crippen LogP contribution in [0.5, 0.6) is 5.75 Å². The maximum atomic E-state index is 12.5. The molecule has 1 aliphatic rings. The highest BCUT2D eigenvalue weighted by molar-refractivity contribution is 5.94. The molecule has 2 aromatic carbocycles. The summed E-state index contributed by atoms with van der Waals surface area (Å²) in [7, 11) is 1.62. The van der Waals surface area contributed by atoms with E-state index in [0.29, 0.717) is 29.4 Å². The van der Waals surface area contributed by atoms with Crippen molar-refractivity contribution in [2.75, 3.05) is 13.7 Å². The Morgan fingerprint density at radius 3 is 2.78 bits per heavy atom. The molecule has 6 nitrogen and oxygen atoms in total. The fourth-order valence-corrected chi connectivity index (χ4v) is 3.35. The Morgan fingerprint density at radius 2 is 2.00 bits per heavy atom. The number of aromatic nitrogens is 2. The van der Waals surface area contributed by atoms with E-state index in [1.54, 1.807) is 29.9 Å². The van der Waals surface area contributed by atoms with Crippen LogP contribution in [0.15, 0.2) is 47.3 Å². The molecule has 0 radical (unpaired) electrons. The highest BCUT2D eigenvalue weighted by Gasteiger charge is 2.17. The first-order chi connectivity index (χ1) is 13.2. The fraction of sp³-hybridized carbons (Fsp3) is 0.286. The van der Waals surface area contributed by atoms with E-state index in [9.17, 15) is 9.59 Å². The maximum absolute atomic E-state index is 12.5. The zero-order chi connectivity index (χ0) is 18.8. The summed E-state index contributed by atoms with van der Waals surface area (Å²) in [5, 5.41) is 0.537. The number of rotatable bonds is 5. The maximum Gasteiger partial charge on any atom is 0.338 e. The van der Waals surface area contributed by atoms with Crippen LogP contribution in [0.4, 0.5) is 0 Å². The molecule has 27 heavy (non-hydrogen) atoms. The summed E-state index contributed by atoms with van der Waals surface area (Å²) in [6, 6.07) is 12.6. The van der Waals surface area contributed by atoms with E-state index < -0.39 is 5.97 Å². The van der Waals surface area contributed by atoms with Gasteiger partial charge in [0.15, 0.2) is 0 Å². The number of nitrogens with zero attached hydrogens (tertiary/aromatic N) is 2. The largest absolute Gasteiger partial charge is 0.497 e. The van der Waals surface area contributed by atoms with Crippen molar-refractivity contribution in [3.05, 3.63) is 69.8 Å². The normalized spacial score (nSPS) is 12.8. The lowest BCUT2D eigenvalue weighted by molar-refractivity contribution is 0.0509. The summed E-state index contributed by atoms with van der Waals surface area (Å²) in [5.74, 6) is 1.17. The Morgan fingerprint density at radius 1 is 1.19 bits per heavy atom. The lowest BCUT2D eigenvalue weighted by Crippen LogP contribution is -2.21. The first kappa shape index (κ1) is 17.3. The van der Waals surface area contributed by atoms with Crippen LogP contribution >= 0.6 is 0 Å². The van der Waals surface area contributed by atoms with Crippen LogP contribution in [0.2, 0.25) is 0 Å². The highest BCUT2D eigenvalue weighted by atomic mass is 16.5. The topological polar surface area (TPSA) is 70.4 Å². The number of hydrogen-bond acceptors (Lipinski definition) is 5. The molecule has 1 aromatic heterocycles. The number of hydrogen-bond donors (Lipinski definition) is 0. The lowest BCUT2D eigenvalue weighted by atomic mass is 10.1. The summed E-state index contributed by atoms with van der Waals surface area (Å²) >= 11 is 0. The third-order valence-electron chi connectivity index (χ3n) is 4.84. The minimum Gasteiger partial charge on any atom is -0.497 e. The van der Waals surface area contributed by atoms with Crippen LogP contribution in [0.25, 0.3) is 10.9 Å². The fourth-order valence-electron chi connectivity index (χ4n) is 3.35. The third-order valence-corrected chi connectivity index (χ3v) is 4.84. The Kier molecular flexibility index (Phi) is 4.62. The molecule has 0 bridgehead atoms. The van der Waals surface area contributed by atoms with Crippen molar-refractivity contribution in [3.63, 3.8) is 0 Å². The SMILES string of the molecule is COc1ccc(CCOC(=O)c2ccc3c(=O)n4c(nc3c2)CCC4)cc1. The smallest absolute Gasteiger partial charge is 0.338 e. The highest BCUT2D eigenvalue weighted by Crippen LogP contribution is 2.17. The molecule has 0 N–H and O–H groups in total. The Hall–Kier alpha value is -3.15. The number of fused-ring (bicyclic) bond motifs is 2. The van der Waals surface area contributed by atoms with Crippen LogP contribution < -0.4 is 10.3 Å². The molecule has 3 aromatic rings. The summed E-state index contributed by atoms with van der Waals surface area (Å²) in [5.41, 5.74) is 1.99. The molecule has 0 saturated carbocycles. The van der Waals surface area contributed by atoms with E-state index in [4.69, 9.17) is 9.47 Å². The van der Waals surface area contributed by atoms with Gasteiger partial charge in [0.25, 0.3) is 5.56 Å². The molecular weight excluding hydrogens is 344 g/mol.